The number of hydrogen-bond donors (Lipinski definition) is 2. The van der Waals surface area contributed by atoms with Gasteiger partial charge in [0, 0.05) is 24.8 Å². The number of anilines is 2. The molecule has 37 heavy (non-hydrogen) atoms. The SMILES string of the molecule is O=S(=O)(Nc1cc(-c2ccc3ncc(NCCN4CCCCC4)nc3c2)cnc1Cl)c1ccc(F)cc1. The number of benzene rings is 2. The van der Waals surface area contributed by atoms with Crippen LogP contribution in [0.2, 0.25) is 5.15 Å². The maximum atomic E-state index is 13.2. The van der Waals surface area contributed by atoms with Crippen molar-refractivity contribution in [3.8, 4) is 11.1 Å². The van der Waals surface area contributed by atoms with Gasteiger partial charge in [0.2, 0.25) is 0 Å². The summed E-state index contributed by atoms with van der Waals surface area (Å²) in [5.41, 5.74) is 2.98. The third-order valence-electron chi connectivity index (χ3n) is 6.27. The summed E-state index contributed by atoms with van der Waals surface area (Å²) in [5.74, 6) is 0.170. The summed E-state index contributed by atoms with van der Waals surface area (Å²) in [6.45, 7) is 4.04. The molecule has 3 heterocycles. The van der Waals surface area contributed by atoms with Crippen LogP contribution in [0.3, 0.4) is 0 Å². The third-order valence-corrected chi connectivity index (χ3v) is 7.95. The Morgan fingerprint density at radius 3 is 2.49 bits per heavy atom. The molecule has 0 atom stereocenters. The van der Waals surface area contributed by atoms with E-state index in [4.69, 9.17) is 16.6 Å². The lowest BCUT2D eigenvalue weighted by Crippen LogP contribution is -2.33. The van der Waals surface area contributed by atoms with E-state index in [9.17, 15) is 12.8 Å². The first-order chi connectivity index (χ1) is 17.9. The predicted molar refractivity (Wildman–Crippen MR) is 144 cm³/mol. The molecule has 0 aliphatic carbocycles. The topological polar surface area (TPSA) is 100 Å². The Morgan fingerprint density at radius 1 is 0.919 bits per heavy atom. The van der Waals surface area contributed by atoms with E-state index in [-0.39, 0.29) is 15.7 Å². The van der Waals surface area contributed by atoms with Crippen molar-refractivity contribution in [3.05, 3.63) is 71.9 Å². The van der Waals surface area contributed by atoms with Crippen molar-refractivity contribution in [2.24, 2.45) is 0 Å². The van der Waals surface area contributed by atoms with E-state index in [0.717, 1.165) is 49.4 Å². The molecule has 2 aromatic heterocycles. The number of hydrogen-bond acceptors (Lipinski definition) is 7. The zero-order chi connectivity index (χ0) is 25.8. The number of aromatic nitrogens is 3. The molecule has 0 saturated carbocycles. The van der Waals surface area contributed by atoms with Crippen molar-refractivity contribution < 1.29 is 12.8 Å². The standard InChI is InChI=1S/C26H26ClFN6O2S/c27-26-24(33-37(35,36)21-7-5-20(28)6-8-21)15-19(16-31-26)18-4-9-22-23(14-18)32-25(17-30-22)29-10-13-34-11-2-1-3-12-34/h4-9,14-17,33H,1-3,10-13H2,(H,29,32). The maximum absolute atomic E-state index is 13.2. The van der Waals surface area contributed by atoms with E-state index in [1.807, 2.05) is 18.2 Å². The largest absolute Gasteiger partial charge is 0.367 e. The lowest BCUT2D eigenvalue weighted by Gasteiger charge is -2.26. The highest BCUT2D eigenvalue weighted by molar-refractivity contribution is 7.92. The highest BCUT2D eigenvalue weighted by atomic mass is 35.5. The first kappa shape index (κ1) is 25.3. The zero-order valence-electron chi connectivity index (χ0n) is 20.0. The number of likely N-dealkylation sites (tertiary alicyclic amines) is 1. The van der Waals surface area contributed by atoms with Gasteiger partial charge in [-0.05, 0) is 74.0 Å². The molecule has 2 N–H and O–H groups in total. The molecule has 1 aliphatic heterocycles. The molecule has 5 rings (SSSR count). The Labute approximate surface area is 220 Å². The quantitative estimate of drug-likeness (QED) is 0.297. The molecule has 1 saturated heterocycles. The molecule has 0 amide bonds. The molecule has 2 aromatic carbocycles. The molecule has 192 valence electrons. The van der Waals surface area contributed by atoms with Gasteiger partial charge in [-0.3, -0.25) is 9.71 Å². The van der Waals surface area contributed by atoms with Gasteiger partial charge in [0.15, 0.2) is 5.15 Å². The third kappa shape index (κ3) is 6.15. The summed E-state index contributed by atoms with van der Waals surface area (Å²) in [6.07, 6.45) is 7.12. The second-order valence-electron chi connectivity index (χ2n) is 8.91. The lowest BCUT2D eigenvalue weighted by atomic mass is 10.1. The van der Waals surface area contributed by atoms with Crippen LogP contribution in [0.5, 0.6) is 0 Å². The summed E-state index contributed by atoms with van der Waals surface area (Å²) in [6, 6.07) is 11.7. The first-order valence-electron chi connectivity index (χ1n) is 12.0. The second kappa shape index (κ2) is 11.0. The highest BCUT2D eigenvalue weighted by Crippen LogP contribution is 2.30. The van der Waals surface area contributed by atoms with Crippen LogP contribution in [-0.4, -0.2) is 54.4 Å². The van der Waals surface area contributed by atoms with Crippen LogP contribution in [0.25, 0.3) is 22.2 Å². The number of rotatable bonds is 8. The van der Waals surface area contributed by atoms with Crippen LogP contribution in [-0.2, 0) is 10.0 Å². The summed E-state index contributed by atoms with van der Waals surface area (Å²) in [7, 11) is -3.98. The van der Waals surface area contributed by atoms with Crippen LogP contribution in [0.15, 0.2) is 65.8 Å². The second-order valence-corrected chi connectivity index (χ2v) is 11.0. The number of fused-ring (bicyclic) bond motifs is 1. The lowest BCUT2D eigenvalue weighted by molar-refractivity contribution is 0.237. The van der Waals surface area contributed by atoms with Crippen molar-refractivity contribution >= 4 is 44.2 Å². The minimum absolute atomic E-state index is 0.00444. The van der Waals surface area contributed by atoms with E-state index in [1.165, 1.54) is 31.4 Å². The maximum Gasteiger partial charge on any atom is 0.261 e. The molecular weight excluding hydrogens is 515 g/mol. The average molecular weight is 541 g/mol. The van der Waals surface area contributed by atoms with Gasteiger partial charge >= 0.3 is 0 Å². The van der Waals surface area contributed by atoms with Crippen LogP contribution in [0.1, 0.15) is 19.3 Å². The number of pyridine rings is 1. The summed E-state index contributed by atoms with van der Waals surface area (Å²) in [5, 5.41) is 3.36. The summed E-state index contributed by atoms with van der Waals surface area (Å²) in [4.78, 5) is 15.7. The minimum Gasteiger partial charge on any atom is -0.367 e. The van der Waals surface area contributed by atoms with Crippen LogP contribution < -0.4 is 10.0 Å². The zero-order valence-corrected chi connectivity index (χ0v) is 21.6. The van der Waals surface area contributed by atoms with Gasteiger partial charge < -0.3 is 10.2 Å². The fourth-order valence-corrected chi connectivity index (χ4v) is 5.56. The average Bonchev–Trinajstić information content (AvgIpc) is 2.90. The Bertz CT molecular complexity index is 1510. The van der Waals surface area contributed by atoms with Crippen molar-refractivity contribution in [1.82, 2.24) is 19.9 Å². The van der Waals surface area contributed by atoms with Gasteiger partial charge in [0.05, 0.1) is 27.8 Å². The molecule has 1 fully saturated rings. The summed E-state index contributed by atoms with van der Waals surface area (Å²) < 4.78 is 41.2. The van der Waals surface area contributed by atoms with E-state index in [0.29, 0.717) is 16.9 Å². The Balaban J connectivity index is 1.35. The van der Waals surface area contributed by atoms with E-state index in [1.54, 1.807) is 18.5 Å². The number of halogens is 2. The number of sulfonamides is 1. The fourth-order valence-electron chi connectivity index (χ4n) is 4.30. The monoisotopic (exact) mass is 540 g/mol. The number of nitrogens with one attached hydrogen (secondary N) is 2. The van der Waals surface area contributed by atoms with Gasteiger partial charge in [0.1, 0.15) is 11.6 Å². The molecule has 11 heteroatoms. The molecule has 4 aromatic rings. The van der Waals surface area contributed by atoms with Gasteiger partial charge in [-0.1, -0.05) is 24.1 Å². The van der Waals surface area contributed by atoms with Crippen molar-refractivity contribution in [3.63, 3.8) is 0 Å². The molecule has 0 unspecified atom stereocenters. The number of nitrogens with zero attached hydrogens (tertiary/aromatic N) is 4. The van der Waals surface area contributed by atoms with Gasteiger partial charge in [-0.15, -0.1) is 0 Å². The Hall–Kier alpha value is -3.34. The van der Waals surface area contributed by atoms with Gasteiger partial charge in [-0.2, -0.15) is 0 Å². The Kier molecular flexibility index (Phi) is 7.50. The normalized spacial score (nSPS) is 14.5. The molecular formula is C26H26ClFN6O2S. The molecule has 0 spiro atoms. The van der Waals surface area contributed by atoms with Crippen LogP contribution >= 0.6 is 11.6 Å². The van der Waals surface area contributed by atoms with Crippen molar-refractivity contribution in [1.29, 1.82) is 0 Å². The van der Waals surface area contributed by atoms with E-state index < -0.39 is 15.8 Å². The van der Waals surface area contributed by atoms with Crippen LogP contribution in [0, 0.1) is 5.82 Å². The predicted octanol–water partition coefficient (Wildman–Crippen LogP) is 5.18. The van der Waals surface area contributed by atoms with E-state index >= 15 is 0 Å². The Morgan fingerprint density at radius 2 is 1.70 bits per heavy atom. The van der Waals surface area contributed by atoms with Crippen molar-refractivity contribution in [2.45, 2.75) is 24.2 Å². The smallest absolute Gasteiger partial charge is 0.261 e. The van der Waals surface area contributed by atoms with E-state index in [2.05, 4.69) is 24.9 Å². The van der Waals surface area contributed by atoms with Gasteiger partial charge in [0.25, 0.3) is 10.0 Å². The molecule has 1 aliphatic rings. The fraction of sp³-hybridized carbons (Fsp3) is 0.269. The molecule has 8 nitrogen and oxygen atoms in total. The highest BCUT2D eigenvalue weighted by Gasteiger charge is 2.17. The molecule has 0 bridgehead atoms. The first-order valence-corrected chi connectivity index (χ1v) is 13.9. The molecule has 0 radical (unpaired) electrons. The van der Waals surface area contributed by atoms with Crippen LogP contribution in [0.4, 0.5) is 15.9 Å². The van der Waals surface area contributed by atoms with Crippen molar-refractivity contribution in [2.75, 3.05) is 36.2 Å². The summed E-state index contributed by atoms with van der Waals surface area (Å²) >= 11 is 6.19. The number of piperidine rings is 1. The minimum atomic E-state index is -3.98. The van der Waals surface area contributed by atoms with Gasteiger partial charge in [-0.25, -0.2) is 22.8 Å².